The van der Waals surface area contributed by atoms with Crippen molar-refractivity contribution in [3.05, 3.63) is 35.4 Å². The van der Waals surface area contributed by atoms with E-state index in [2.05, 4.69) is 16.7 Å². The van der Waals surface area contributed by atoms with Crippen molar-refractivity contribution in [2.24, 2.45) is 5.92 Å². The van der Waals surface area contributed by atoms with Gasteiger partial charge in [0.05, 0.1) is 23.8 Å². The molecular formula is C19H27N3O3. The normalized spacial score (nSPS) is 22.6. The van der Waals surface area contributed by atoms with Gasteiger partial charge < -0.3 is 20.8 Å². The second-order valence-electron chi connectivity index (χ2n) is 6.95. The molecule has 136 valence electrons. The number of hydrogen-bond donors (Lipinski definition) is 4. The van der Waals surface area contributed by atoms with Crippen molar-refractivity contribution < 1.29 is 15.0 Å². The fourth-order valence-corrected chi connectivity index (χ4v) is 3.40. The van der Waals surface area contributed by atoms with E-state index in [-0.39, 0.29) is 0 Å². The monoisotopic (exact) mass is 345 g/mol. The maximum atomic E-state index is 10.6. The Morgan fingerprint density at radius 2 is 1.92 bits per heavy atom. The molecule has 1 aromatic carbocycles. The lowest BCUT2D eigenvalue weighted by atomic mass is 9.82. The average molecular weight is 345 g/mol. The Bertz CT molecular complexity index is 589. The van der Waals surface area contributed by atoms with Gasteiger partial charge in [-0.2, -0.15) is 5.26 Å². The molecule has 0 spiro atoms. The van der Waals surface area contributed by atoms with E-state index < -0.39 is 18.2 Å². The quantitative estimate of drug-likeness (QED) is 0.608. The highest BCUT2D eigenvalue weighted by molar-refractivity contribution is 5.64. The third-order valence-electron chi connectivity index (χ3n) is 5.03. The molecule has 0 aliphatic heterocycles. The molecule has 6 heteroatoms. The van der Waals surface area contributed by atoms with Crippen LogP contribution >= 0.6 is 0 Å². The Morgan fingerprint density at radius 3 is 2.48 bits per heavy atom. The number of aliphatic hydroxyl groups excluding tert-OH is 1. The number of carbonyl (C=O) groups is 1. The third kappa shape index (κ3) is 6.37. The van der Waals surface area contributed by atoms with Gasteiger partial charge in [0.2, 0.25) is 0 Å². The summed E-state index contributed by atoms with van der Waals surface area (Å²) in [4.78, 5) is 10.6. The summed E-state index contributed by atoms with van der Waals surface area (Å²) in [7, 11) is 0. The summed E-state index contributed by atoms with van der Waals surface area (Å²) in [6.45, 7) is 2.49. The molecule has 0 heterocycles. The molecule has 0 aromatic heterocycles. The molecule has 0 unspecified atom stereocenters. The highest BCUT2D eigenvalue weighted by Gasteiger charge is 2.25. The van der Waals surface area contributed by atoms with Crippen molar-refractivity contribution >= 4 is 6.09 Å². The fraction of sp³-hybridized carbons (Fsp3) is 0.579. The molecule has 1 amide bonds. The van der Waals surface area contributed by atoms with E-state index in [0.717, 1.165) is 32.2 Å². The number of nitriles is 1. The third-order valence-corrected chi connectivity index (χ3v) is 5.03. The van der Waals surface area contributed by atoms with E-state index in [1.165, 1.54) is 5.56 Å². The smallest absolute Gasteiger partial charge is 0.404 e. The van der Waals surface area contributed by atoms with Crippen LogP contribution in [0.4, 0.5) is 4.79 Å². The lowest BCUT2D eigenvalue weighted by Gasteiger charge is -2.31. The van der Waals surface area contributed by atoms with Crippen LogP contribution in [-0.4, -0.2) is 34.5 Å². The Balaban J connectivity index is 1.68. The van der Waals surface area contributed by atoms with Crippen LogP contribution in [0.25, 0.3) is 0 Å². The van der Waals surface area contributed by atoms with Crippen LogP contribution < -0.4 is 10.6 Å². The zero-order valence-electron chi connectivity index (χ0n) is 14.6. The number of carboxylic acid groups (broad SMARTS) is 1. The Morgan fingerprint density at radius 1 is 1.28 bits per heavy atom. The minimum absolute atomic E-state index is 0.440. The average Bonchev–Trinajstić information content (AvgIpc) is 2.61. The van der Waals surface area contributed by atoms with Crippen LogP contribution in [0.2, 0.25) is 0 Å². The summed E-state index contributed by atoms with van der Waals surface area (Å²) >= 11 is 0. The fourth-order valence-electron chi connectivity index (χ4n) is 3.40. The maximum Gasteiger partial charge on any atom is 0.404 e. The summed E-state index contributed by atoms with van der Waals surface area (Å²) in [6.07, 6.45) is 3.13. The zero-order chi connectivity index (χ0) is 18.2. The van der Waals surface area contributed by atoms with Gasteiger partial charge in [-0.25, -0.2) is 4.79 Å². The summed E-state index contributed by atoms with van der Waals surface area (Å²) in [6, 6.07) is 9.77. The van der Waals surface area contributed by atoms with Crippen LogP contribution in [0.3, 0.4) is 0 Å². The minimum Gasteiger partial charge on any atom is -0.465 e. The minimum atomic E-state index is -1.10. The molecule has 1 aromatic rings. The Hall–Kier alpha value is -2.10. The molecule has 0 bridgehead atoms. The number of aliphatic hydroxyl groups is 1. The molecule has 2 atom stereocenters. The lowest BCUT2D eigenvalue weighted by molar-refractivity contribution is 0.0918. The standard InChI is InChI=1S/C19H27N3O3/c1-13(22-19(24)25)18(23)10-14-6-8-17(9-7-14)21-12-16-4-2-15(11-20)3-5-16/h2-5,13-14,17-18,21-23H,6-10,12H2,1H3,(H,24,25)/t13-,14?,17?,18-/m0/s1. The van der Waals surface area contributed by atoms with Crippen LogP contribution in [0.15, 0.2) is 24.3 Å². The predicted molar refractivity (Wildman–Crippen MR) is 95.0 cm³/mol. The summed E-state index contributed by atoms with van der Waals surface area (Å²) < 4.78 is 0. The summed E-state index contributed by atoms with van der Waals surface area (Å²) in [5.74, 6) is 0.445. The second kappa shape index (κ2) is 9.40. The molecular weight excluding hydrogens is 318 g/mol. The molecule has 1 aliphatic rings. The molecule has 2 rings (SSSR count). The maximum absolute atomic E-state index is 10.6. The number of amides is 1. The summed E-state index contributed by atoms with van der Waals surface area (Å²) in [5, 5.41) is 33.5. The molecule has 0 saturated heterocycles. The first-order valence-corrected chi connectivity index (χ1v) is 8.88. The molecule has 6 nitrogen and oxygen atoms in total. The van der Waals surface area contributed by atoms with E-state index in [0.29, 0.717) is 23.9 Å². The first-order valence-electron chi connectivity index (χ1n) is 8.88. The molecule has 25 heavy (non-hydrogen) atoms. The number of hydrogen-bond acceptors (Lipinski definition) is 4. The van der Waals surface area contributed by atoms with Crippen molar-refractivity contribution in [3.63, 3.8) is 0 Å². The predicted octanol–water partition coefficient (Wildman–Crippen LogP) is 2.61. The Labute approximate surface area is 148 Å². The van der Waals surface area contributed by atoms with E-state index >= 15 is 0 Å². The SMILES string of the molecule is C[C@H](NC(=O)O)[C@@H](O)CC1CCC(NCc2ccc(C#N)cc2)CC1. The van der Waals surface area contributed by atoms with Crippen molar-refractivity contribution in [3.8, 4) is 6.07 Å². The first-order chi connectivity index (χ1) is 12.0. The van der Waals surface area contributed by atoms with Crippen LogP contribution in [0.5, 0.6) is 0 Å². The van der Waals surface area contributed by atoms with E-state index in [1.54, 1.807) is 6.92 Å². The molecule has 1 saturated carbocycles. The van der Waals surface area contributed by atoms with Crippen LogP contribution in [-0.2, 0) is 6.54 Å². The molecule has 1 aliphatic carbocycles. The first kappa shape index (κ1) is 19.2. The van der Waals surface area contributed by atoms with Gasteiger partial charge in [0.15, 0.2) is 0 Å². The van der Waals surface area contributed by atoms with E-state index in [9.17, 15) is 9.90 Å². The Kier molecular flexibility index (Phi) is 7.23. The lowest BCUT2D eigenvalue weighted by Crippen LogP contribution is -2.42. The van der Waals surface area contributed by atoms with Gasteiger partial charge >= 0.3 is 6.09 Å². The van der Waals surface area contributed by atoms with Crippen LogP contribution in [0, 0.1) is 17.2 Å². The largest absolute Gasteiger partial charge is 0.465 e. The number of benzene rings is 1. The van der Waals surface area contributed by atoms with Crippen molar-refractivity contribution in [1.82, 2.24) is 10.6 Å². The van der Waals surface area contributed by atoms with Gasteiger partial charge in [0.25, 0.3) is 0 Å². The number of nitrogens with one attached hydrogen (secondary N) is 2. The van der Waals surface area contributed by atoms with Gasteiger partial charge in [-0.05, 0) is 62.6 Å². The molecule has 0 radical (unpaired) electrons. The van der Waals surface area contributed by atoms with Crippen molar-refractivity contribution in [1.29, 1.82) is 5.26 Å². The molecule has 1 fully saturated rings. The molecule has 4 N–H and O–H groups in total. The second-order valence-corrected chi connectivity index (χ2v) is 6.95. The van der Waals surface area contributed by atoms with Gasteiger partial charge in [-0.1, -0.05) is 12.1 Å². The highest BCUT2D eigenvalue weighted by Crippen LogP contribution is 2.28. The zero-order valence-corrected chi connectivity index (χ0v) is 14.6. The summed E-state index contributed by atoms with van der Waals surface area (Å²) in [5.41, 5.74) is 1.85. The van der Waals surface area contributed by atoms with Crippen molar-refractivity contribution in [2.45, 2.75) is 63.8 Å². The topological polar surface area (TPSA) is 105 Å². The van der Waals surface area contributed by atoms with Crippen LogP contribution in [0.1, 0.15) is 50.2 Å². The van der Waals surface area contributed by atoms with Crippen molar-refractivity contribution in [2.75, 3.05) is 0 Å². The van der Waals surface area contributed by atoms with Gasteiger partial charge in [0, 0.05) is 12.6 Å². The van der Waals surface area contributed by atoms with Gasteiger partial charge in [-0.3, -0.25) is 0 Å². The van der Waals surface area contributed by atoms with Gasteiger partial charge in [-0.15, -0.1) is 0 Å². The van der Waals surface area contributed by atoms with Gasteiger partial charge in [0.1, 0.15) is 0 Å². The highest BCUT2D eigenvalue weighted by atomic mass is 16.4. The van der Waals surface area contributed by atoms with E-state index in [4.69, 9.17) is 10.4 Å². The number of rotatable bonds is 7. The van der Waals surface area contributed by atoms with E-state index in [1.807, 2.05) is 24.3 Å². The number of nitrogens with zero attached hydrogens (tertiary/aromatic N) is 1.